The Morgan fingerprint density at radius 1 is 0.867 bits per heavy atom. The highest BCUT2D eigenvalue weighted by Crippen LogP contribution is 2.37. The van der Waals surface area contributed by atoms with Crippen molar-refractivity contribution in [3.05, 3.63) is 71.5 Å². The molecule has 0 amide bonds. The van der Waals surface area contributed by atoms with Crippen molar-refractivity contribution in [1.29, 1.82) is 0 Å². The fourth-order valence-electron chi connectivity index (χ4n) is 4.21. The third-order valence-electron chi connectivity index (χ3n) is 6.68. The molecule has 1 aromatic heterocycles. The number of para-hydroxylation sites is 1. The fraction of sp³-hybridized carbons (Fsp3) is 0.320. The summed E-state index contributed by atoms with van der Waals surface area (Å²) in [4.78, 5) is 8.33. The highest BCUT2D eigenvalue weighted by Gasteiger charge is 2.52. The summed E-state index contributed by atoms with van der Waals surface area (Å²) in [6, 6.07) is 19.1. The Hall–Kier alpha value is -2.63. The van der Waals surface area contributed by atoms with Crippen molar-refractivity contribution in [3.63, 3.8) is 0 Å². The van der Waals surface area contributed by atoms with E-state index in [1.54, 1.807) is 0 Å². The predicted molar refractivity (Wildman–Crippen MR) is 123 cm³/mol. The molecule has 1 saturated heterocycles. The average Bonchev–Trinajstić information content (AvgIpc) is 3.20. The lowest BCUT2D eigenvalue weighted by molar-refractivity contribution is 0.00578. The summed E-state index contributed by atoms with van der Waals surface area (Å²) in [5.74, 6) is 0.979. The molecule has 0 spiro atoms. The average molecular weight is 398 g/mol. The van der Waals surface area contributed by atoms with Gasteiger partial charge in [-0.25, -0.2) is 4.98 Å². The number of hydrogen-bond acceptors (Lipinski definition) is 3. The van der Waals surface area contributed by atoms with Crippen LogP contribution in [0.1, 0.15) is 44.6 Å². The van der Waals surface area contributed by atoms with E-state index in [2.05, 4.69) is 94.2 Å². The molecule has 0 saturated carbocycles. The molecule has 0 unspecified atom stereocenters. The molecule has 0 atom stereocenters. The molecule has 1 fully saturated rings. The zero-order valence-electron chi connectivity index (χ0n) is 18.2. The first-order chi connectivity index (χ1) is 14.2. The van der Waals surface area contributed by atoms with E-state index >= 15 is 0 Å². The molecule has 3 aromatic carbocycles. The summed E-state index contributed by atoms with van der Waals surface area (Å²) in [6.45, 7) is 10.5. The lowest BCUT2D eigenvalue weighted by Crippen LogP contribution is -2.41. The molecule has 1 N–H and O–H groups in total. The van der Waals surface area contributed by atoms with Gasteiger partial charge in [0.1, 0.15) is 5.82 Å². The molecule has 0 aliphatic carbocycles. The van der Waals surface area contributed by atoms with E-state index in [1.807, 2.05) is 0 Å². The summed E-state index contributed by atoms with van der Waals surface area (Å²) in [5, 5.41) is 2.38. The van der Waals surface area contributed by atoms with Crippen molar-refractivity contribution >= 4 is 34.4 Å². The Labute approximate surface area is 177 Å². The number of fused-ring (bicyclic) bond motifs is 2. The van der Waals surface area contributed by atoms with E-state index < -0.39 is 0 Å². The van der Waals surface area contributed by atoms with Gasteiger partial charge in [0.25, 0.3) is 0 Å². The zero-order valence-corrected chi connectivity index (χ0v) is 18.2. The molecule has 4 nitrogen and oxygen atoms in total. The topological polar surface area (TPSA) is 47.1 Å². The molecule has 30 heavy (non-hydrogen) atoms. The van der Waals surface area contributed by atoms with Gasteiger partial charge in [0.15, 0.2) is 0 Å². The predicted octanol–water partition coefficient (Wildman–Crippen LogP) is 4.91. The number of aryl methyl sites for hydroxylation is 1. The first kappa shape index (κ1) is 19.3. The minimum absolute atomic E-state index is 0.358. The van der Waals surface area contributed by atoms with Crippen LogP contribution in [0, 0.1) is 6.92 Å². The Morgan fingerprint density at radius 3 is 2.27 bits per heavy atom. The lowest BCUT2D eigenvalue weighted by Gasteiger charge is -2.32. The fourth-order valence-corrected chi connectivity index (χ4v) is 4.21. The Bertz CT molecular complexity index is 1240. The van der Waals surface area contributed by atoms with Crippen LogP contribution in [0.2, 0.25) is 0 Å². The second-order valence-corrected chi connectivity index (χ2v) is 9.28. The van der Waals surface area contributed by atoms with Crippen molar-refractivity contribution in [1.82, 2.24) is 9.97 Å². The number of hydrogen-bond donors (Lipinski definition) is 1. The van der Waals surface area contributed by atoms with Crippen molar-refractivity contribution in [2.75, 3.05) is 0 Å². The van der Waals surface area contributed by atoms with Crippen LogP contribution in [0.3, 0.4) is 0 Å². The van der Waals surface area contributed by atoms with Crippen LogP contribution in [0.4, 0.5) is 0 Å². The maximum Gasteiger partial charge on any atom is 0.495 e. The van der Waals surface area contributed by atoms with Gasteiger partial charge in [-0.2, -0.15) is 0 Å². The minimum atomic E-state index is -0.372. The summed E-state index contributed by atoms with van der Waals surface area (Å²) in [7, 11) is -0.372. The third kappa shape index (κ3) is 3.04. The number of aromatic amines is 1. The van der Waals surface area contributed by atoms with Gasteiger partial charge in [-0.05, 0) is 68.0 Å². The summed E-state index contributed by atoms with van der Waals surface area (Å²) in [5.41, 5.74) is 4.92. The van der Waals surface area contributed by atoms with Crippen LogP contribution in [-0.2, 0) is 15.7 Å². The van der Waals surface area contributed by atoms with Gasteiger partial charge in [0.05, 0.1) is 22.2 Å². The van der Waals surface area contributed by atoms with Gasteiger partial charge in [-0.15, -0.1) is 0 Å². The van der Waals surface area contributed by atoms with Gasteiger partial charge in [-0.3, -0.25) is 0 Å². The summed E-state index contributed by atoms with van der Waals surface area (Å²) < 4.78 is 12.7. The maximum absolute atomic E-state index is 6.33. The summed E-state index contributed by atoms with van der Waals surface area (Å²) >= 11 is 0. The number of H-pyrrole nitrogens is 1. The third-order valence-corrected chi connectivity index (χ3v) is 6.68. The van der Waals surface area contributed by atoms with Gasteiger partial charge in [0, 0.05) is 6.42 Å². The smallest absolute Gasteiger partial charge is 0.399 e. The molecular formula is C25H27BN2O2. The summed E-state index contributed by atoms with van der Waals surface area (Å²) in [6.07, 6.45) is 0.748. The monoisotopic (exact) mass is 398 g/mol. The zero-order chi connectivity index (χ0) is 21.1. The molecule has 0 bridgehead atoms. The Balaban J connectivity index is 1.55. The lowest BCUT2D eigenvalue weighted by atomic mass is 9.75. The number of nitrogens with one attached hydrogen (secondary N) is 1. The number of benzene rings is 3. The second kappa shape index (κ2) is 6.69. The molecule has 2 heterocycles. The van der Waals surface area contributed by atoms with Crippen molar-refractivity contribution < 1.29 is 9.31 Å². The van der Waals surface area contributed by atoms with Crippen LogP contribution in [0.5, 0.6) is 0 Å². The van der Waals surface area contributed by atoms with E-state index in [1.165, 1.54) is 21.9 Å². The number of imidazole rings is 1. The standard InChI is InChI=1S/C25H27BN2O2/c1-16-9-8-12-21-23(16)28-22(27-21)15-17-13-14-20(19-11-7-6-10-18(17)19)26-29-24(2,3)25(4,5)30-26/h6-14H,15H2,1-5H3,(H,27,28). The number of nitrogens with zero attached hydrogens (tertiary/aromatic N) is 1. The first-order valence-corrected chi connectivity index (χ1v) is 10.6. The number of rotatable bonds is 3. The van der Waals surface area contributed by atoms with Gasteiger partial charge in [0.2, 0.25) is 0 Å². The molecule has 5 heteroatoms. The molecule has 4 aromatic rings. The normalized spacial score (nSPS) is 17.8. The van der Waals surface area contributed by atoms with E-state index in [0.29, 0.717) is 0 Å². The van der Waals surface area contributed by atoms with E-state index in [9.17, 15) is 0 Å². The van der Waals surface area contributed by atoms with Gasteiger partial charge < -0.3 is 14.3 Å². The van der Waals surface area contributed by atoms with Gasteiger partial charge >= 0.3 is 7.12 Å². The Morgan fingerprint density at radius 2 is 1.57 bits per heavy atom. The SMILES string of the molecule is Cc1cccc2[nH]c(Cc3ccc(B4OC(C)(C)C(C)(C)O4)c4ccccc34)nc12. The molecule has 0 radical (unpaired) electrons. The van der Waals surface area contributed by atoms with Crippen LogP contribution in [0.25, 0.3) is 21.8 Å². The highest BCUT2D eigenvalue weighted by atomic mass is 16.7. The van der Waals surface area contributed by atoms with Crippen LogP contribution in [-0.4, -0.2) is 28.3 Å². The Kier molecular flexibility index (Phi) is 4.32. The molecular weight excluding hydrogens is 371 g/mol. The highest BCUT2D eigenvalue weighted by molar-refractivity contribution is 6.65. The van der Waals surface area contributed by atoms with E-state index in [-0.39, 0.29) is 18.3 Å². The van der Waals surface area contributed by atoms with E-state index in [4.69, 9.17) is 14.3 Å². The maximum atomic E-state index is 6.33. The molecule has 1 aliphatic heterocycles. The number of aromatic nitrogens is 2. The molecule has 1 aliphatic rings. The minimum Gasteiger partial charge on any atom is -0.399 e. The van der Waals surface area contributed by atoms with Crippen molar-refractivity contribution in [2.24, 2.45) is 0 Å². The van der Waals surface area contributed by atoms with Crippen LogP contribution in [0.15, 0.2) is 54.6 Å². The van der Waals surface area contributed by atoms with Crippen molar-refractivity contribution in [3.8, 4) is 0 Å². The van der Waals surface area contributed by atoms with Crippen LogP contribution < -0.4 is 5.46 Å². The van der Waals surface area contributed by atoms with Crippen molar-refractivity contribution in [2.45, 2.75) is 52.2 Å². The first-order valence-electron chi connectivity index (χ1n) is 10.6. The van der Waals surface area contributed by atoms with Gasteiger partial charge in [-0.1, -0.05) is 48.5 Å². The quantitative estimate of drug-likeness (QED) is 0.499. The van der Waals surface area contributed by atoms with E-state index in [0.717, 1.165) is 28.7 Å². The van der Waals surface area contributed by atoms with Crippen LogP contribution >= 0.6 is 0 Å². The second-order valence-electron chi connectivity index (χ2n) is 9.28. The largest absolute Gasteiger partial charge is 0.495 e. The molecule has 5 rings (SSSR count). The molecule has 152 valence electrons.